The first-order valence-corrected chi connectivity index (χ1v) is 9.27. The Bertz CT molecular complexity index is 662. The van der Waals surface area contributed by atoms with E-state index in [9.17, 15) is 9.90 Å². The number of piperidine rings is 1. The van der Waals surface area contributed by atoms with E-state index in [4.69, 9.17) is 14.2 Å². The average molecular weight is 363 g/mol. The molecule has 3 rings (SSSR count). The highest BCUT2D eigenvalue weighted by atomic mass is 16.5. The van der Waals surface area contributed by atoms with Gasteiger partial charge in [-0.15, -0.1) is 0 Å². The van der Waals surface area contributed by atoms with Crippen molar-refractivity contribution in [3.63, 3.8) is 0 Å². The number of hydrogen-bond donors (Lipinski definition) is 1. The van der Waals surface area contributed by atoms with Crippen molar-refractivity contribution >= 4 is 5.97 Å². The van der Waals surface area contributed by atoms with Gasteiger partial charge in [-0.25, -0.2) is 4.79 Å². The quantitative estimate of drug-likeness (QED) is 0.837. The Morgan fingerprint density at radius 1 is 1.23 bits per heavy atom. The van der Waals surface area contributed by atoms with Gasteiger partial charge in [-0.1, -0.05) is 12.5 Å². The molecule has 6 nitrogen and oxygen atoms in total. The van der Waals surface area contributed by atoms with E-state index in [0.29, 0.717) is 24.1 Å². The molecular formula is C20H29NO5. The number of nitrogens with zero attached hydrogens (tertiary/aromatic N) is 1. The summed E-state index contributed by atoms with van der Waals surface area (Å²) < 4.78 is 16.4. The third-order valence-corrected chi connectivity index (χ3v) is 6.04. The molecule has 2 atom stereocenters. The molecule has 144 valence electrons. The van der Waals surface area contributed by atoms with E-state index in [1.165, 1.54) is 33.5 Å². The zero-order valence-corrected chi connectivity index (χ0v) is 15.9. The molecule has 6 heteroatoms. The van der Waals surface area contributed by atoms with Crippen molar-refractivity contribution in [3.05, 3.63) is 23.3 Å². The highest BCUT2D eigenvalue weighted by Gasteiger charge is 2.45. The van der Waals surface area contributed by atoms with Gasteiger partial charge in [0.15, 0.2) is 11.5 Å². The highest BCUT2D eigenvalue weighted by molar-refractivity contribution is 5.93. The molecule has 2 fully saturated rings. The Labute approximate surface area is 155 Å². The number of rotatable bonds is 6. The molecule has 1 saturated carbocycles. The van der Waals surface area contributed by atoms with Crippen molar-refractivity contribution in [2.24, 2.45) is 5.41 Å². The first-order chi connectivity index (χ1) is 12.5. The molecule has 26 heavy (non-hydrogen) atoms. The number of likely N-dealkylation sites (tertiary alicyclic amines) is 1. The van der Waals surface area contributed by atoms with Crippen LogP contribution in [0.25, 0.3) is 0 Å². The monoisotopic (exact) mass is 363 g/mol. The van der Waals surface area contributed by atoms with Crippen molar-refractivity contribution in [2.45, 2.75) is 44.8 Å². The number of ether oxygens (including phenoxy) is 3. The van der Waals surface area contributed by atoms with Crippen molar-refractivity contribution in [2.75, 3.05) is 34.4 Å². The Balaban J connectivity index is 1.85. The molecule has 0 aromatic heterocycles. The van der Waals surface area contributed by atoms with E-state index in [0.717, 1.165) is 31.5 Å². The topological polar surface area (TPSA) is 68.2 Å². The number of hydrogen-bond acceptors (Lipinski definition) is 5. The van der Waals surface area contributed by atoms with Crippen LogP contribution in [0.3, 0.4) is 0 Å². The van der Waals surface area contributed by atoms with Crippen LogP contribution in [0.4, 0.5) is 0 Å². The predicted octanol–water partition coefficient (Wildman–Crippen LogP) is 3.18. The van der Waals surface area contributed by atoms with Crippen molar-refractivity contribution < 1.29 is 24.1 Å². The van der Waals surface area contributed by atoms with Crippen molar-refractivity contribution in [1.29, 1.82) is 0 Å². The van der Waals surface area contributed by atoms with Crippen LogP contribution >= 0.6 is 0 Å². The van der Waals surface area contributed by atoms with Gasteiger partial charge in [0.2, 0.25) is 0 Å². The smallest absolute Gasteiger partial charge is 0.339 e. The molecule has 1 aromatic carbocycles. The summed E-state index contributed by atoms with van der Waals surface area (Å²) >= 11 is 0. The normalized spacial score (nSPS) is 26.2. The molecule has 1 aromatic rings. The molecule has 1 heterocycles. The van der Waals surface area contributed by atoms with E-state index in [1.807, 2.05) is 13.2 Å². The third kappa shape index (κ3) is 3.40. The summed E-state index contributed by atoms with van der Waals surface area (Å²) in [6, 6.07) is 3.63. The van der Waals surface area contributed by atoms with Gasteiger partial charge < -0.3 is 19.3 Å². The number of carbonyl (C=O) groups is 1. The molecule has 1 N–H and O–H groups in total. The highest BCUT2D eigenvalue weighted by Crippen LogP contribution is 2.46. The molecule has 1 spiro atoms. The van der Waals surface area contributed by atoms with Gasteiger partial charge in [0.05, 0.1) is 20.3 Å². The average Bonchev–Trinajstić information content (AvgIpc) is 3.02. The van der Waals surface area contributed by atoms with Gasteiger partial charge >= 0.3 is 5.97 Å². The van der Waals surface area contributed by atoms with Gasteiger partial charge in [0.1, 0.15) is 5.56 Å². The molecule has 1 saturated heterocycles. The van der Waals surface area contributed by atoms with Crippen LogP contribution in [0.15, 0.2) is 12.1 Å². The molecular weight excluding hydrogens is 334 g/mol. The summed E-state index contributed by atoms with van der Waals surface area (Å²) in [5, 5.41) is 9.74. The lowest BCUT2D eigenvalue weighted by atomic mass is 9.76. The molecule has 2 aliphatic rings. The molecule has 0 bridgehead atoms. The van der Waals surface area contributed by atoms with Crippen LogP contribution in [0.1, 0.15) is 48.0 Å². The zero-order chi connectivity index (χ0) is 18.7. The predicted molar refractivity (Wildman–Crippen MR) is 98.1 cm³/mol. The fourth-order valence-corrected chi connectivity index (χ4v) is 4.91. The van der Waals surface area contributed by atoms with Crippen LogP contribution < -0.4 is 9.47 Å². The summed E-state index contributed by atoms with van der Waals surface area (Å²) in [5.41, 5.74) is 1.17. The number of aromatic carboxylic acids is 1. The number of methoxy groups -OCH3 is 3. The van der Waals surface area contributed by atoms with Crippen LogP contribution in [0.2, 0.25) is 0 Å². The Kier molecular flexibility index (Phi) is 5.73. The maximum atomic E-state index is 11.9. The minimum atomic E-state index is -0.988. The second kappa shape index (κ2) is 7.84. The molecule has 0 amide bonds. The number of carboxylic acid groups (broad SMARTS) is 1. The lowest BCUT2D eigenvalue weighted by Crippen LogP contribution is -2.47. The van der Waals surface area contributed by atoms with E-state index < -0.39 is 5.97 Å². The second-order valence-electron chi connectivity index (χ2n) is 7.43. The fourth-order valence-electron chi connectivity index (χ4n) is 4.91. The molecule has 1 aliphatic carbocycles. The van der Waals surface area contributed by atoms with Gasteiger partial charge in [0, 0.05) is 25.6 Å². The summed E-state index contributed by atoms with van der Waals surface area (Å²) in [4.78, 5) is 14.3. The molecule has 0 unspecified atom stereocenters. The summed E-state index contributed by atoms with van der Waals surface area (Å²) in [6.07, 6.45) is 6.16. The largest absolute Gasteiger partial charge is 0.493 e. The van der Waals surface area contributed by atoms with E-state index in [1.54, 1.807) is 6.07 Å². The maximum absolute atomic E-state index is 11.9. The minimum Gasteiger partial charge on any atom is -0.493 e. The van der Waals surface area contributed by atoms with Crippen LogP contribution in [-0.2, 0) is 11.3 Å². The van der Waals surface area contributed by atoms with Gasteiger partial charge in [-0.2, -0.15) is 0 Å². The van der Waals surface area contributed by atoms with Crippen LogP contribution in [-0.4, -0.2) is 56.5 Å². The summed E-state index contributed by atoms with van der Waals surface area (Å²) in [5.74, 6) is -0.253. The first kappa shape index (κ1) is 19.0. The molecule has 1 aliphatic heterocycles. The lowest BCUT2D eigenvalue weighted by molar-refractivity contribution is -0.0367. The van der Waals surface area contributed by atoms with Gasteiger partial charge in [-0.05, 0) is 43.9 Å². The number of benzene rings is 1. The van der Waals surface area contributed by atoms with Gasteiger partial charge in [-0.3, -0.25) is 4.90 Å². The minimum absolute atomic E-state index is 0.196. The lowest BCUT2D eigenvalue weighted by Gasteiger charge is -2.43. The van der Waals surface area contributed by atoms with E-state index in [2.05, 4.69) is 4.90 Å². The van der Waals surface area contributed by atoms with Gasteiger partial charge in [0.25, 0.3) is 0 Å². The molecule has 0 radical (unpaired) electrons. The summed E-state index contributed by atoms with van der Waals surface area (Å²) in [6.45, 7) is 2.53. The van der Waals surface area contributed by atoms with E-state index >= 15 is 0 Å². The third-order valence-electron chi connectivity index (χ3n) is 6.04. The standard InChI is InChI=1S/C20H29NO5/c1-24-15-8-7-14(17(19(22)23)18(15)26-3)12-21-11-5-10-20(13-21)9-4-6-16(20)25-2/h7-8,16H,4-6,9-13H2,1-3H3,(H,22,23)/t16-,20+/m1/s1. The maximum Gasteiger partial charge on any atom is 0.339 e. The van der Waals surface area contributed by atoms with E-state index in [-0.39, 0.29) is 11.0 Å². The van der Waals surface area contributed by atoms with Crippen LogP contribution in [0.5, 0.6) is 11.5 Å². The Morgan fingerprint density at radius 2 is 2.00 bits per heavy atom. The Morgan fingerprint density at radius 3 is 2.65 bits per heavy atom. The van der Waals surface area contributed by atoms with Crippen molar-refractivity contribution in [3.8, 4) is 11.5 Å². The number of carboxylic acids is 1. The van der Waals surface area contributed by atoms with Crippen molar-refractivity contribution in [1.82, 2.24) is 4.90 Å². The van der Waals surface area contributed by atoms with Crippen LogP contribution in [0, 0.1) is 5.41 Å². The zero-order valence-electron chi connectivity index (χ0n) is 15.9. The fraction of sp³-hybridized carbons (Fsp3) is 0.650. The second-order valence-corrected chi connectivity index (χ2v) is 7.43. The first-order valence-electron chi connectivity index (χ1n) is 9.27. The Hall–Kier alpha value is -1.79. The SMILES string of the molecule is COc1ccc(CN2CCC[C@@]3(CCC[C@H]3OC)C2)c(C(=O)O)c1OC. The summed E-state index contributed by atoms with van der Waals surface area (Å²) in [7, 11) is 4.81.